The molecule has 9 heteroatoms. The summed E-state index contributed by atoms with van der Waals surface area (Å²) in [5.74, 6) is 0.393. The van der Waals surface area contributed by atoms with Crippen LogP contribution in [0.5, 0.6) is 0 Å². The van der Waals surface area contributed by atoms with Crippen molar-refractivity contribution < 1.29 is 9.59 Å². The van der Waals surface area contributed by atoms with Crippen LogP contribution in [-0.4, -0.2) is 37.6 Å². The summed E-state index contributed by atoms with van der Waals surface area (Å²) in [5.41, 5.74) is 5.64. The highest BCUT2D eigenvalue weighted by molar-refractivity contribution is 6.14. The van der Waals surface area contributed by atoms with Gasteiger partial charge in [-0.2, -0.15) is 9.61 Å². The Morgan fingerprint density at radius 1 is 1.06 bits per heavy atom. The molecule has 9 nitrogen and oxygen atoms in total. The highest BCUT2D eigenvalue weighted by Crippen LogP contribution is 2.27. The summed E-state index contributed by atoms with van der Waals surface area (Å²) in [6, 6.07) is 14.3. The van der Waals surface area contributed by atoms with E-state index in [2.05, 4.69) is 50.3 Å². The van der Waals surface area contributed by atoms with Crippen molar-refractivity contribution in [2.75, 3.05) is 5.32 Å². The lowest BCUT2D eigenvalue weighted by Gasteiger charge is -2.11. The molecule has 1 saturated carbocycles. The molecular weight excluding hydrogens is 430 g/mol. The number of urea groups is 1. The smallest absolute Gasteiger partial charge is 0.326 e. The molecule has 168 valence electrons. The minimum Gasteiger partial charge on any atom is -0.367 e. The third-order valence-electron chi connectivity index (χ3n) is 5.84. The number of benzene rings is 1. The molecule has 1 aliphatic heterocycles. The fourth-order valence-corrected chi connectivity index (χ4v) is 3.96. The summed E-state index contributed by atoms with van der Waals surface area (Å²) >= 11 is 0. The maximum absolute atomic E-state index is 12.0. The molecule has 1 aromatic carbocycles. The number of hydrogen-bond donors (Lipinski definition) is 3. The molecule has 34 heavy (non-hydrogen) atoms. The Morgan fingerprint density at radius 3 is 2.62 bits per heavy atom. The largest absolute Gasteiger partial charge is 0.367 e. The standard InChI is InChI=1S/C25H21N7O2/c33-24-21(30-25(34)31-24)11-18-14-27-32-22(28-19-7-8-19)12-20(29-23(18)32)10-15-3-5-16(6-4-15)17-2-1-9-26-13-17/h1-6,9,11-14,19,28H,7-8,10H2,(H2,30,31,33,34)/b21-11-. The Hall–Kier alpha value is -4.53. The first kappa shape index (κ1) is 20.1. The van der Waals surface area contributed by atoms with Gasteiger partial charge in [0.1, 0.15) is 11.5 Å². The number of carbonyl (C=O) groups is 2. The zero-order valence-electron chi connectivity index (χ0n) is 18.2. The van der Waals surface area contributed by atoms with Crippen molar-refractivity contribution in [3.63, 3.8) is 0 Å². The molecule has 2 aliphatic rings. The minimum atomic E-state index is -0.535. The van der Waals surface area contributed by atoms with E-state index in [9.17, 15) is 9.59 Å². The van der Waals surface area contributed by atoms with Crippen LogP contribution in [0, 0.1) is 0 Å². The molecule has 3 N–H and O–H groups in total. The molecule has 1 aliphatic carbocycles. The van der Waals surface area contributed by atoms with Gasteiger partial charge in [0.05, 0.1) is 11.9 Å². The zero-order chi connectivity index (χ0) is 23.1. The number of pyridine rings is 1. The van der Waals surface area contributed by atoms with Gasteiger partial charge in [0.15, 0.2) is 5.65 Å². The number of imide groups is 1. The molecule has 6 rings (SSSR count). The highest BCUT2D eigenvalue weighted by Gasteiger charge is 2.25. The van der Waals surface area contributed by atoms with Gasteiger partial charge in [0, 0.05) is 36.5 Å². The fraction of sp³-hybridized carbons (Fsp3) is 0.160. The van der Waals surface area contributed by atoms with Gasteiger partial charge in [-0.1, -0.05) is 30.3 Å². The van der Waals surface area contributed by atoms with Crippen LogP contribution in [0.1, 0.15) is 29.7 Å². The van der Waals surface area contributed by atoms with E-state index in [1.54, 1.807) is 23.0 Å². The monoisotopic (exact) mass is 451 g/mol. The molecule has 0 spiro atoms. The molecule has 0 unspecified atom stereocenters. The van der Waals surface area contributed by atoms with Gasteiger partial charge in [-0.05, 0) is 41.7 Å². The quantitative estimate of drug-likeness (QED) is 0.307. The highest BCUT2D eigenvalue weighted by atomic mass is 16.2. The molecule has 4 aromatic rings. The minimum absolute atomic E-state index is 0.176. The topological polar surface area (TPSA) is 113 Å². The number of rotatable bonds is 6. The van der Waals surface area contributed by atoms with Gasteiger partial charge >= 0.3 is 6.03 Å². The van der Waals surface area contributed by atoms with Crippen LogP contribution in [0.25, 0.3) is 22.9 Å². The first-order valence-electron chi connectivity index (χ1n) is 11.1. The number of amides is 3. The summed E-state index contributed by atoms with van der Waals surface area (Å²) in [5, 5.41) is 12.7. The number of anilines is 1. The van der Waals surface area contributed by atoms with Gasteiger partial charge in [-0.25, -0.2) is 9.78 Å². The van der Waals surface area contributed by atoms with E-state index in [1.807, 2.05) is 24.4 Å². The number of nitrogens with zero attached hydrogens (tertiary/aromatic N) is 4. The molecular formula is C25H21N7O2. The first-order valence-corrected chi connectivity index (χ1v) is 11.1. The van der Waals surface area contributed by atoms with Crippen LogP contribution in [0.4, 0.5) is 10.6 Å². The summed E-state index contributed by atoms with van der Waals surface area (Å²) in [4.78, 5) is 32.5. The summed E-state index contributed by atoms with van der Waals surface area (Å²) in [7, 11) is 0. The van der Waals surface area contributed by atoms with E-state index >= 15 is 0 Å². The lowest BCUT2D eigenvalue weighted by molar-refractivity contribution is -0.115. The molecule has 1 saturated heterocycles. The number of nitrogens with one attached hydrogen (secondary N) is 3. The molecule has 3 amide bonds. The molecule has 0 radical (unpaired) electrons. The molecule has 0 bridgehead atoms. The third-order valence-corrected chi connectivity index (χ3v) is 5.84. The van der Waals surface area contributed by atoms with Crippen molar-refractivity contribution in [2.45, 2.75) is 25.3 Å². The third kappa shape index (κ3) is 3.99. The van der Waals surface area contributed by atoms with Crippen LogP contribution in [0.2, 0.25) is 0 Å². The van der Waals surface area contributed by atoms with E-state index < -0.39 is 11.9 Å². The molecule has 3 aromatic heterocycles. The Kier molecular flexibility index (Phi) is 4.80. The van der Waals surface area contributed by atoms with Gasteiger partial charge in [0.25, 0.3) is 5.91 Å². The summed E-state index contributed by atoms with van der Waals surface area (Å²) in [6.45, 7) is 0. The van der Waals surface area contributed by atoms with E-state index in [1.165, 1.54) is 0 Å². The first-order chi connectivity index (χ1) is 16.6. The Labute approximate surface area is 194 Å². The van der Waals surface area contributed by atoms with Crippen molar-refractivity contribution in [1.29, 1.82) is 0 Å². The maximum Gasteiger partial charge on any atom is 0.326 e. The zero-order valence-corrected chi connectivity index (χ0v) is 18.2. The van der Waals surface area contributed by atoms with Crippen molar-refractivity contribution in [1.82, 2.24) is 30.2 Å². The fourth-order valence-electron chi connectivity index (χ4n) is 3.96. The van der Waals surface area contributed by atoms with E-state index in [4.69, 9.17) is 4.98 Å². The second-order valence-electron chi connectivity index (χ2n) is 8.47. The van der Waals surface area contributed by atoms with Crippen molar-refractivity contribution in [3.05, 3.63) is 83.6 Å². The van der Waals surface area contributed by atoms with Gasteiger partial charge < -0.3 is 10.6 Å². The molecule has 0 atom stereocenters. The lowest BCUT2D eigenvalue weighted by Crippen LogP contribution is -2.22. The van der Waals surface area contributed by atoms with Crippen LogP contribution in [-0.2, 0) is 11.2 Å². The average Bonchev–Trinajstić information content (AvgIpc) is 3.48. The van der Waals surface area contributed by atoms with Gasteiger partial charge in [0.2, 0.25) is 0 Å². The van der Waals surface area contributed by atoms with Crippen molar-refractivity contribution in [3.8, 4) is 11.1 Å². The maximum atomic E-state index is 12.0. The van der Waals surface area contributed by atoms with Gasteiger partial charge in [-0.15, -0.1) is 0 Å². The summed E-state index contributed by atoms with van der Waals surface area (Å²) in [6.07, 6.45) is 9.75. The Bertz CT molecular complexity index is 1440. The van der Waals surface area contributed by atoms with Crippen molar-refractivity contribution >= 4 is 29.5 Å². The number of aromatic nitrogens is 4. The second kappa shape index (κ2) is 8.11. The predicted molar refractivity (Wildman–Crippen MR) is 127 cm³/mol. The van der Waals surface area contributed by atoms with Crippen LogP contribution < -0.4 is 16.0 Å². The van der Waals surface area contributed by atoms with Crippen LogP contribution in [0.3, 0.4) is 0 Å². The van der Waals surface area contributed by atoms with E-state index in [0.29, 0.717) is 23.7 Å². The van der Waals surface area contributed by atoms with E-state index in [0.717, 1.165) is 41.0 Å². The van der Waals surface area contributed by atoms with Gasteiger partial charge in [-0.3, -0.25) is 15.1 Å². The second-order valence-corrected chi connectivity index (χ2v) is 8.47. The van der Waals surface area contributed by atoms with Crippen LogP contribution in [0.15, 0.2) is 66.8 Å². The Morgan fingerprint density at radius 2 is 1.91 bits per heavy atom. The number of hydrogen-bond acceptors (Lipinski definition) is 6. The summed E-state index contributed by atoms with van der Waals surface area (Å²) < 4.78 is 1.74. The number of fused-ring (bicyclic) bond motifs is 1. The SMILES string of the molecule is O=C1NC(=O)/C(=C/c2cnn3c(NC4CC4)cc(Cc4ccc(-c5cccnc5)cc4)nc23)N1. The average molecular weight is 451 g/mol. The van der Waals surface area contributed by atoms with Crippen LogP contribution >= 0.6 is 0 Å². The number of carbonyl (C=O) groups excluding carboxylic acids is 2. The molecule has 2 fully saturated rings. The molecule has 4 heterocycles. The van der Waals surface area contributed by atoms with Crippen molar-refractivity contribution in [2.24, 2.45) is 0 Å². The lowest BCUT2D eigenvalue weighted by atomic mass is 10.0. The Balaban J connectivity index is 1.34. The predicted octanol–water partition coefficient (Wildman–Crippen LogP) is 3.14. The van der Waals surface area contributed by atoms with E-state index in [-0.39, 0.29) is 5.70 Å². The normalized spacial score (nSPS) is 16.6.